The van der Waals surface area contributed by atoms with Gasteiger partial charge in [-0.25, -0.2) is 0 Å². The summed E-state index contributed by atoms with van der Waals surface area (Å²) in [5.41, 5.74) is 2.31. The van der Waals surface area contributed by atoms with E-state index in [9.17, 15) is 0 Å². The third kappa shape index (κ3) is 1.29. The van der Waals surface area contributed by atoms with Crippen LogP contribution in [0.4, 0.5) is 0 Å². The van der Waals surface area contributed by atoms with E-state index in [0.29, 0.717) is 0 Å². The highest BCUT2D eigenvalue weighted by Crippen LogP contribution is 2.29. The van der Waals surface area contributed by atoms with Crippen LogP contribution in [0.3, 0.4) is 0 Å². The van der Waals surface area contributed by atoms with Crippen molar-refractivity contribution in [2.75, 3.05) is 0 Å². The van der Waals surface area contributed by atoms with Crippen LogP contribution in [0.2, 0.25) is 5.15 Å². The zero-order chi connectivity index (χ0) is 9.59. The second-order valence-electron chi connectivity index (χ2n) is 3.14. The largest absolute Gasteiger partial charge is 0.334 e. The third-order valence-corrected chi connectivity index (χ3v) is 3.36. The van der Waals surface area contributed by atoms with Crippen molar-refractivity contribution in [2.45, 2.75) is 6.92 Å². The lowest BCUT2D eigenvalue weighted by atomic mass is 10.2. The molecule has 68 valence electrons. The van der Waals surface area contributed by atoms with Gasteiger partial charge in [-0.15, -0.1) is 0 Å². The van der Waals surface area contributed by atoms with E-state index in [1.807, 2.05) is 24.6 Å². The Bertz CT molecular complexity index is 473. The number of hydrogen-bond donors (Lipinski definition) is 0. The van der Waals surface area contributed by atoms with Crippen molar-refractivity contribution in [1.82, 2.24) is 4.57 Å². The molecule has 0 aliphatic carbocycles. The summed E-state index contributed by atoms with van der Waals surface area (Å²) in [5.74, 6) is 0. The number of fused-ring (bicyclic) bond motifs is 1. The lowest BCUT2D eigenvalue weighted by molar-refractivity contribution is 0.964. The molecule has 0 bridgehead atoms. The number of aryl methyl sites for hydroxylation is 2. The van der Waals surface area contributed by atoms with Gasteiger partial charge in [0.15, 0.2) is 0 Å². The molecule has 0 aliphatic heterocycles. The van der Waals surface area contributed by atoms with Crippen LogP contribution in [0.5, 0.6) is 0 Å². The fraction of sp³-hybridized carbons (Fsp3) is 0.200. The van der Waals surface area contributed by atoms with Crippen LogP contribution in [-0.2, 0) is 7.05 Å². The predicted molar refractivity (Wildman–Crippen MR) is 60.4 cm³/mol. The molecule has 1 aromatic heterocycles. The smallest absolute Gasteiger partial charge is 0.112 e. The Morgan fingerprint density at radius 3 is 2.77 bits per heavy atom. The SMILES string of the molecule is Cc1c(Cl)n(C)c2cc(Br)ccc12. The summed E-state index contributed by atoms with van der Waals surface area (Å²) in [6.07, 6.45) is 0. The zero-order valence-electron chi connectivity index (χ0n) is 7.44. The van der Waals surface area contributed by atoms with Crippen molar-refractivity contribution in [3.63, 3.8) is 0 Å². The Labute approximate surface area is 90.4 Å². The summed E-state index contributed by atoms with van der Waals surface area (Å²) in [7, 11) is 1.98. The van der Waals surface area contributed by atoms with Gasteiger partial charge in [0.2, 0.25) is 0 Å². The highest BCUT2D eigenvalue weighted by atomic mass is 79.9. The summed E-state index contributed by atoms with van der Waals surface area (Å²) in [6.45, 7) is 2.04. The maximum absolute atomic E-state index is 6.12. The van der Waals surface area contributed by atoms with Crippen molar-refractivity contribution in [1.29, 1.82) is 0 Å². The molecule has 2 aromatic rings. The second kappa shape index (κ2) is 3.03. The van der Waals surface area contributed by atoms with E-state index < -0.39 is 0 Å². The Balaban J connectivity index is 2.95. The lowest BCUT2D eigenvalue weighted by Gasteiger charge is -1.97. The van der Waals surface area contributed by atoms with E-state index >= 15 is 0 Å². The molecule has 0 amide bonds. The van der Waals surface area contributed by atoms with Gasteiger partial charge in [0.1, 0.15) is 5.15 Å². The quantitative estimate of drug-likeness (QED) is 0.675. The van der Waals surface area contributed by atoms with Gasteiger partial charge in [-0.1, -0.05) is 33.6 Å². The molecule has 1 nitrogen and oxygen atoms in total. The third-order valence-electron chi connectivity index (χ3n) is 2.33. The molecule has 0 saturated carbocycles. The van der Waals surface area contributed by atoms with Gasteiger partial charge in [0.25, 0.3) is 0 Å². The van der Waals surface area contributed by atoms with E-state index in [1.165, 1.54) is 5.39 Å². The van der Waals surface area contributed by atoms with Gasteiger partial charge in [-0.2, -0.15) is 0 Å². The average molecular weight is 259 g/mol. The minimum absolute atomic E-state index is 0.813. The van der Waals surface area contributed by atoms with Gasteiger partial charge in [0, 0.05) is 16.9 Å². The predicted octanol–water partition coefficient (Wildman–Crippen LogP) is 3.90. The molecule has 0 aliphatic rings. The number of rotatable bonds is 0. The Kier molecular flexibility index (Phi) is 2.12. The number of aromatic nitrogens is 1. The van der Waals surface area contributed by atoms with Gasteiger partial charge in [0.05, 0.1) is 5.52 Å². The first-order valence-electron chi connectivity index (χ1n) is 4.01. The summed E-state index contributed by atoms with van der Waals surface area (Å²) in [4.78, 5) is 0. The molecule has 1 aromatic carbocycles. The summed E-state index contributed by atoms with van der Waals surface area (Å²) < 4.78 is 3.08. The number of benzene rings is 1. The molecular weight excluding hydrogens is 249 g/mol. The fourth-order valence-electron chi connectivity index (χ4n) is 1.57. The van der Waals surface area contributed by atoms with E-state index in [0.717, 1.165) is 20.7 Å². The molecule has 0 spiro atoms. The molecule has 1 heterocycles. The average Bonchev–Trinajstić information content (AvgIpc) is 2.32. The molecule has 0 atom stereocenters. The van der Waals surface area contributed by atoms with Crippen LogP contribution in [-0.4, -0.2) is 4.57 Å². The maximum atomic E-state index is 6.12. The first-order valence-corrected chi connectivity index (χ1v) is 5.18. The minimum atomic E-state index is 0.813. The molecule has 0 N–H and O–H groups in total. The Morgan fingerprint density at radius 1 is 1.38 bits per heavy atom. The maximum Gasteiger partial charge on any atom is 0.112 e. The normalized spacial score (nSPS) is 11.1. The van der Waals surface area contributed by atoms with Crippen molar-refractivity contribution in [2.24, 2.45) is 7.05 Å². The van der Waals surface area contributed by atoms with E-state index in [1.54, 1.807) is 0 Å². The standard InChI is InChI=1S/C10H9BrClN/c1-6-8-4-3-7(11)5-9(8)13(2)10(6)12/h3-5H,1-2H3. The molecule has 0 saturated heterocycles. The highest BCUT2D eigenvalue weighted by Gasteiger charge is 2.08. The van der Waals surface area contributed by atoms with Crippen LogP contribution in [0, 0.1) is 6.92 Å². The van der Waals surface area contributed by atoms with E-state index in [2.05, 4.69) is 28.1 Å². The van der Waals surface area contributed by atoms with Crippen molar-refractivity contribution in [3.8, 4) is 0 Å². The zero-order valence-corrected chi connectivity index (χ0v) is 9.78. The summed E-state index contributed by atoms with van der Waals surface area (Å²) in [5, 5.41) is 2.03. The Morgan fingerprint density at radius 2 is 2.08 bits per heavy atom. The van der Waals surface area contributed by atoms with Gasteiger partial charge in [-0.05, 0) is 24.6 Å². The molecular formula is C10H9BrClN. The van der Waals surface area contributed by atoms with E-state index in [-0.39, 0.29) is 0 Å². The van der Waals surface area contributed by atoms with Crippen LogP contribution in [0.1, 0.15) is 5.56 Å². The summed E-state index contributed by atoms with van der Waals surface area (Å²) in [6, 6.07) is 6.19. The monoisotopic (exact) mass is 257 g/mol. The molecule has 13 heavy (non-hydrogen) atoms. The second-order valence-corrected chi connectivity index (χ2v) is 4.41. The molecule has 0 fully saturated rings. The van der Waals surface area contributed by atoms with E-state index in [4.69, 9.17) is 11.6 Å². The van der Waals surface area contributed by atoms with Crippen LogP contribution in [0.15, 0.2) is 22.7 Å². The number of halogens is 2. The molecule has 3 heteroatoms. The number of nitrogens with zero attached hydrogens (tertiary/aromatic N) is 1. The van der Waals surface area contributed by atoms with Gasteiger partial charge >= 0.3 is 0 Å². The Hall–Kier alpha value is -0.470. The summed E-state index contributed by atoms with van der Waals surface area (Å²) >= 11 is 9.57. The van der Waals surface area contributed by atoms with Crippen molar-refractivity contribution < 1.29 is 0 Å². The minimum Gasteiger partial charge on any atom is -0.334 e. The molecule has 2 rings (SSSR count). The first kappa shape index (κ1) is 9.10. The van der Waals surface area contributed by atoms with Crippen molar-refractivity contribution >= 4 is 38.4 Å². The molecule has 0 unspecified atom stereocenters. The molecule has 0 radical (unpaired) electrons. The highest BCUT2D eigenvalue weighted by molar-refractivity contribution is 9.10. The van der Waals surface area contributed by atoms with Gasteiger partial charge < -0.3 is 4.57 Å². The fourth-order valence-corrected chi connectivity index (χ4v) is 2.11. The topological polar surface area (TPSA) is 4.93 Å². The number of hydrogen-bond acceptors (Lipinski definition) is 0. The first-order chi connectivity index (χ1) is 6.11. The van der Waals surface area contributed by atoms with Crippen LogP contribution in [0.25, 0.3) is 10.9 Å². The van der Waals surface area contributed by atoms with Crippen LogP contribution >= 0.6 is 27.5 Å². The van der Waals surface area contributed by atoms with Crippen LogP contribution < -0.4 is 0 Å². The lowest BCUT2D eigenvalue weighted by Crippen LogP contribution is -1.85. The van der Waals surface area contributed by atoms with Crippen molar-refractivity contribution in [3.05, 3.63) is 33.4 Å². The van der Waals surface area contributed by atoms with Gasteiger partial charge in [-0.3, -0.25) is 0 Å².